The largest absolute Gasteiger partial charge is 0.497 e. The van der Waals surface area contributed by atoms with E-state index in [1.54, 1.807) is 7.11 Å². The highest BCUT2D eigenvalue weighted by Crippen LogP contribution is 2.60. The van der Waals surface area contributed by atoms with E-state index in [2.05, 4.69) is 29.7 Å². The zero-order valence-electron chi connectivity index (χ0n) is 16.4. The summed E-state index contributed by atoms with van der Waals surface area (Å²) in [5.74, 6) is 2.45. The Morgan fingerprint density at radius 2 is 2.15 bits per heavy atom. The van der Waals surface area contributed by atoms with E-state index in [0.29, 0.717) is 30.0 Å². The Kier molecular flexibility index (Phi) is 6.89. The molecule has 3 aliphatic rings. The number of aliphatic imine (C=N–C) groups is 1. The minimum atomic E-state index is 0. The molecule has 3 fully saturated rings. The summed E-state index contributed by atoms with van der Waals surface area (Å²) < 4.78 is 11.4. The summed E-state index contributed by atoms with van der Waals surface area (Å²) in [5, 5.41) is 7.22. The van der Waals surface area contributed by atoms with Crippen LogP contribution in [0.4, 0.5) is 0 Å². The fourth-order valence-corrected chi connectivity index (χ4v) is 5.31. The van der Waals surface area contributed by atoms with Crippen LogP contribution < -0.4 is 15.4 Å². The van der Waals surface area contributed by atoms with Gasteiger partial charge in [0.25, 0.3) is 0 Å². The van der Waals surface area contributed by atoms with Crippen molar-refractivity contribution in [2.24, 2.45) is 16.3 Å². The second kappa shape index (κ2) is 8.99. The monoisotopic (exact) mass is 485 g/mol. The molecule has 0 radical (unpaired) electrons. The van der Waals surface area contributed by atoms with Crippen LogP contribution in [0.5, 0.6) is 5.75 Å². The Labute approximate surface area is 179 Å². The molecule has 2 aliphatic carbocycles. The fourth-order valence-electron chi connectivity index (χ4n) is 5.31. The van der Waals surface area contributed by atoms with Crippen molar-refractivity contribution in [3.05, 3.63) is 29.8 Å². The van der Waals surface area contributed by atoms with Gasteiger partial charge in [-0.15, -0.1) is 24.0 Å². The van der Waals surface area contributed by atoms with Crippen molar-refractivity contribution in [1.29, 1.82) is 0 Å². The molecule has 1 aromatic carbocycles. The molecule has 0 bridgehead atoms. The first-order valence-corrected chi connectivity index (χ1v) is 10.1. The second-order valence-corrected chi connectivity index (χ2v) is 7.85. The lowest BCUT2D eigenvalue weighted by Gasteiger charge is -2.57. The number of ether oxygens (including phenoxy) is 2. The number of fused-ring (bicyclic) bond motifs is 2. The fraction of sp³-hybridized carbons (Fsp3) is 0.667. The van der Waals surface area contributed by atoms with Gasteiger partial charge < -0.3 is 20.1 Å². The summed E-state index contributed by atoms with van der Waals surface area (Å²) in [7, 11) is 1.70. The highest BCUT2D eigenvalue weighted by Gasteiger charge is 2.65. The van der Waals surface area contributed by atoms with E-state index < -0.39 is 0 Å². The molecule has 3 unspecified atom stereocenters. The van der Waals surface area contributed by atoms with Crippen LogP contribution in [-0.4, -0.2) is 38.4 Å². The summed E-state index contributed by atoms with van der Waals surface area (Å²) >= 11 is 0. The molecule has 2 saturated carbocycles. The quantitative estimate of drug-likeness (QED) is 0.380. The molecule has 6 heteroatoms. The van der Waals surface area contributed by atoms with Gasteiger partial charge in [-0.3, -0.25) is 0 Å². The summed E-state index contributed by atoms with van der Waals surface area (Å²) in [5.41, 5.74) is 1.50. The van der Waals surface area contributed by atoms with Gasteiger partial charge in [-0.05, 0) is 43.9 Å². The van der Waals surface area contributed by atoms with Crippen molar-refractivity contribution in [3.8, 4) is 5.75 Å². The molecule has 1 aliphatic heterocycles. The van der Waals surface area contributed by atoms with Crippen molar-refractivity contribution in [2.45, 2.75) is 57.7 Å². The lowest BCUT2D eigenvalue weighted by molar-refractivity contribution is -0.125. The third-order valence-corrected chi connectivity index (χ3v) is 6.48. The highest BCUT2D eigenvalue weighted by atomic mass is 127. The minimum absolute atomic E-state index is 0. The topological polar surface area (TPSA) is 54.9 Å². The average molecular weight is 485 g/mol. The molecule has 27 heavy (non-hydrogen) atoms. The van der Waals surface area contributed by atoms with Crippen molar-refractivity contribution in [1.82, 2.24) is 10.6 Å². The van der Waals surface area contributed by atoms with E-state index >= 15 is 0 Å². The van der Waals surface area contributed by atoms with Gasteiger partial charge in [0.15, 0.2) is 5.96 Å². The standard InChI is InChI=1S/C21H31N3O2.HI/c1-3-22-20(23-14-15-7-6-8-16(13-15)25-2)24-18-17-9-12-26-19(17)21(18)10-4-5-11-21;/h6-8,13,17-19H,3-5,9-12,14H2,1-2H3,(H2,22,23,24);1H. The lowest BCUT2D eigenvalue weighted by Crippen LogP contribution is -2.69. The van der Waals surface area contributed by atoms with E-state index in [9.17, 15) is 0 Å². The van der Waals surface area contributed by atoms with Crippen molar-refractivity contribution in [2.75, 3.05) is 20.3 Å². The van der Waals surface area contributed by atoms with Crippen molar-refractivity contribution >= 4 is 29.9 Å². The maximum atomic E-state index is 6.10. The third-order valence-electron chi connectivity index (χ3n) is 6.48. The molecule has 4 rings (SSSR count). The predicted octanol–water partition coefficient (Wildman–Crippen LogP) is 3.72. The zero-order valence-corrected chi connectivity index (χ0v) is 18.7. The predicted molar refractivity (Wildman–Crippen MR) is 119 cm³/mol. The number of benzene rings is 1. The molecular weight excluding hydrogens is 453 g/mol. The van der Waals surface area contributed by atoms with E-state index in [0.717, 1.165) is 30.4 Å². The summed E-state index contributed by atoms with van der Waals surface area (Å²) in [6, 6.07) is 8.63. The van der Waals surface area contributed by atoms with E-state index in [1.807, 2.05) is 12.1 Å². The van der Waals surface area contributed by atoms with Gasteiger partial charge in [0, 0.05) is 30.5 Å². The SMILES string of the molecule is CCNC(=NCc1cccc(OC)c1)NC1C2CCOC2C12CCCC2.I. The maximum absolute atomic E-state index is 6.10. The molecule has 1 spiro atoms. The Bertz CT molecular complexity index is 661. The van der Waals surface area contributed by atoms with E-state index in [1.165, 1.54) is 32.1 Å². The number of nitrogens with zero attached hydrogens (tertiary/aromatic N) is 1. The molecular formula is C21H32IN3O2. The number of guanidine groups is 1. The molecule has 1 aromatic rings. The summed E-state index contributed by atoms with van der Waals surface area (Å²) in [6.07, 6.45) is 6.91. The van der Waals surface area contributed by atoms with Gasteiger partial charge in [0.1, 0.15) is 5.75 Å². The number of rotatable bonds is 5. The first-order valence-electron chi connectivity index (χ1n) is 10.1. The van der Waals surface area contributed by atoms with Crippen LogP contribution in [0.3, 0.4) is 0 Å². The molecule has 2 N–H and O–H groups in total. The molecule has 5 nitrogen and oxygen atoms in total. The number of nitrogens with one attached hydrogen (secondary N) is 2. The van der Waals surface area contributed by atoms with Crippen LogP contribution in [0.2, 0.25) is 0 Å². The van der Waals surface area contributed by atoms with Gasteiger partial charge in [-0.1, -0.05) is 25.0 Å². The average Bonchev–Trinajstić information content (AvgIpc) is 3.33. The Hall–Kier alpha value is -1.02. The minimum Gasteiger partial charge on any atom is -0.497 e. The molecule has 0 amide bonds. The van der Waals surface area contributed by atoms with Gasteiger partial charge in [0.2, 0.25) is 0 Å². The van der Waals surface area contributed by atoms with Gasteiger partial charge >= 0.3 is 0 Å². The molecule has 1 saturated heterocycles. The number of hydrogen-bond acceptors (Lipinski definition) is 3. The summed E-state index contributed by atoms with van der Waals surface area (Å²) in [6.45, 7) is 4.56. The molecule has 3 atom stereocenters. The van der Waals surface area contributed by atoms with E-state index in [4.69, 9.17) is 14.5 Å². The zero-order chi connectivity index (χ0) is 18.0. The van der Waals surface area contributed by atoms with Gasteiger partial charge in [-0.25, -0.2) is 4.99 Å². The maximum Gasteiger partial charge on any atom is 0.191 e. The first kappa shape index (κ1) is 20.7. The van der Waals surface area contributed by atoms with Crippen molar-refractivity contribution in [3.63, 3.8) is 0 Å². The highest BCUT2D eigenvalue weighted by molar-refractivity contribution is 14.0. The van der Waals surface area contributed by atoms with Crippen LogP contribution in [0, 0.1) is 11.3 Å². The summed E-state index contributed by atoms with van der Waals surface area (Å²) in [4.78, 5) is 4.85. The Balaban J connectivity index is 0.00000210. The first-order chi connectivity index (χ1) is 12.8. The number of halogens is 1. The van der Waals surface area contributed by atoms with Crippen LogP contribution in [-0.2, 0) is 11.3 Å². The van der Waals surface area contributed by atoms with Crippen LogP contribution in [0.25, 0.3) is 0 Å². The molecule has 1 heterocycles. The molecule has 150 valence electrons. The lowest BCUT2D eigenvalue weighted by atomic mass is 9.54. The third kappa shape index (κ3) is 3.92. The number of hydrogen-bond donors (Lipinski definition) is 2. The van der Waals surface area contributed by atoms with Crippen molar-refractivity contribution < 1.29 is 9.47 Å². The Morgan fingerprint density at radius 1 is 1.33 bits per heavy atom. The Morgan fingerprint density at radius 3 is 2.89 bits per heavy atom. The number of methoxy groups -OCH3 is 1. The second-order valence-electron chi connectivity index (χ2n) is 7.85. The van der Waals surface area contributed by atoms with Gasteiger partial charge in [-0.2, -0.15) is 0 Å². The molecule has 0 aromatic heterocycles. The smallest absolute Gasteiger partial charge is 0.191 e. The normalized spacial score (nSPS) is 28.2. The van der Waals surface area contributed by atoms with Crippen LogP contribution in [0.15, 0.2) is 29.3 Å². The van der Waals surface area contributed by atoms with E-state index in [-0.39, 0.29) is 24.0 Å². The van der Waals surface area contributed by atoms with Crippen LogP contribution in [0.1, 0.15) is 44.6 Å². The van der Waals surface area contributed by atoms with Gasteiger partial charge in [0.05, 0.1) is 19.8 Å². The van der Waals surface area contributed by atoms with Crippen LogP contribution >= 0.6 is 24.0 Å².